The summed E-state index contributed by atoms with van der Waals surface area (Å²) in [5.41, 5.74) is 0. The molecule has 14 heavy (non-hydrogen) atoms. The van der Waals surface area contributed by atoms with Gasteiger partial charge in [-0.05, 0) is 18.9 Å². The summed E-state index contributed by atoms with van der Waals surface area (Å²) >= 11 is 0. The highest BCUT2D eigenvalue weighted by Gasteiger charge is 2.06. The van der Waals surface area contributed by atoms with Crippen LogP contribution in [0, 0.1) is 0 Å². The minimum Gasteiger partial charge on any atom is -0.276 e. The number of amides is 1. The van der Waals surface area contributed by atoms with Crippen LogP contribution in [-0.4, -0.2) is 34.6 Å². The van der Waals surface area contributed by atoms with Gasteiger partial charge in [0, 0.05) is 18.9 Å². The number of hydroxylamine groups is 2. The van der Waals surface area contributed by atoms with Crippen LogP contribution < -0.4 is 0 Å². The zero-order chi connectivity index (χ0) is 10.1. The lowest BCUT2D eigenvalue weighted by molar-refractivity contribution is -0.182. The van der Waals surface area contributed by atoms with Crippen LogP contribution in [-0.2, 0) is 9.63 Å². The second-order valence-electron chi connectivity index (χ2n) is 2.69. The van der Waals surface area contributed by atoms with Crippen LogP contribution in [0.25, 0.3) is 0 Å². The zero-order valence-corrected chi connectivity index (χ0v) is 7.87. The standard InChI is InChI=1S/C5H9NO2.C4H4N2/c7-5-6-3-1-2-4-8-6;1-2-5-4-6-3-1/h5H,1-4H2;1-4H. The highest BCUT2D eigenvalue weighted by molar-refractivity contribution is 5.44. The molecule has 1 saturated heterocycles. The van der Waals surface area contributed by atoms with Gasteiger partial charge in [0.05, 0.1) is 6.61 Å². The van der Waals surface area contributed by atoms with Gasteiger partial charge in [-0.15, -0.1) is 0 Å². The predicted molar refractivity (Wildman–Crippen MR) is 50.0 cm³/mol. The van der Waals surface area contributed by atoms with Gasteiger partial charge < -0.3 is 0 Å². The molecule has 0 unspecified atom stereocenters. The van der Waals surface area contributed by atoms with Gasteiger partial charge in [-0.3, -0.25) is 9.63 Å². The Labute approximate surface area is 82.7 Å². The lowest BCUT2D eigenvalue weighted by Crippen LogP contribution is -2.28. The zero-order valence-electron chi connectivity index (χ0n) is 7.87. The largest absolute Gasteiger partial charge is 0.276 e. The molecule has 0 N–H and O–H groups in total. The third-order valence-corrected chi connectivity index (χ3v) is 1.63. The summed E-state index contributed by atoms with van der Waals surface area (Å²) in [6.45, 7) is 1.45. The number of aromatic nitrogens is 2. The first kappa shape index (κ1) is 10.6. The molecule has 76 valence electrons. The maximum atomic E-state index is 9.96. The number of carbonyl (C=O) groups is 1. The van der Waals surface area contributed by atoms with Crippen molar-refractivity contribution in [1.29, 1.82) is 0 Å². The molecule has 1 amide bonds. The number of rotatable bonds is 1. The van der Waals surface area contributed by atoms with E-state index in [9.17, 15) is 4.79 Å². The Balaban J connectivity index is 0.000000146. The Morgan fingerprint density at radius 2 is 2.07 bits per heavy atom. The van der Waals surface area contributed by atoms with Crippen molar-refractivity contribution in [1.82, 2.24) is 15.0 Å². The Morgan fingerprint density at radius 1 is 1.29 bits per heavy atom. The molecule has 0 radical (unpaired) electrons. The maximum absolute atomic E-state index is 9.96. The van der Waals surface area contributed by atoms with E-state index in [1.165, 1.54) is 11.4 Å². The SMILES string of the molecule is O=CN1CCCCO1.c1cncnc1. The van der Waals surface area contributed by atoms with E-state index >= 15 is 0 Å². The van der Waals surface area contributed by atoms with Crippen molar-refractivity contribution in [2.75, 3.05) is 13.2 Å². The van der Waals surface area contributed by atoms with Crippen LogP contribution in [0.1, 0.15) is 12.8 Å². The van der Waals surface area contributed by atoms with Crippen LogP contribution in [0.3, 0.4) is 0 Å². The minimum absolute atomic E-state index is 0.693. The third kappa shape index (κ3) is 4.51. The second kappa shape index (κ2) is 6.97. The molecule has 5 heteroatoms. The summed E-state index contributed by atoms with van der Waals surface area (Å²) in [6.07, 6.45) is 7.74. The predicted octanol–water partition coefficient (Wildman–Crippen LogP) is 0.647. The number of hydrogen-bond donors (Lipinski definition) is 0. The Bertz CT molecular complexity index is 210. The normalized spacial score (nSPS) is 15.3. The van der Waals surface area contributed by atoms with E-state index in [4.69, 9.17) is 4.84 Å². The smallest absolute Gasteiger partial charge is 0.233 e. The average molecular weight is 195 g/mol. The molecule has 0 saturated carbocycles. The van der Waals surface area contributed by atoms with Gasteiger partial charge in [-0.25, -0.2) is 15.0 Å². The molecule has 1 aliphatic heterocycles. The molecule has 0 spiro atoms. The van der Waals surface area contributed by atoms with Crippen LogP contribution >= 0.6 is 0 Å². The van der Waals surface area contributed by atoms with Crippen molar-refractivity contribution < 1.29 is 9.63 Å². The molecule has 0 aromatic carbocycles. The molecular formula is C9H13N3O2. The summed E-state index contributed by atoms with van der Waals surface area (Å²) in [4.78, 5) is 22.2. The summed E-state index contributed by atoms with van der Waals surface area (Å²) in [5, 5.41) is 1.34. The molecule has 1 fully saturated rings. The first-order valence-corrected chi connectivity index (χ1v) is 4.48. The van der Waals surface area contributed by atoms with E-state index in [2.05, 4.69) is 9.97 Å². The molecule has 1 aliphatic rings. The van der Waals surface area contributed by atoms with Crippen molar-refractivity contribution in [3.8, 4) is 0 Å². The van der Waals surface area contributed by atoms with E-state index < -0.39 is 0 Å². The molecule has 5 nitrogen and oxygen atoms in total. The Hall–Kier alpha value is -1.49. The second-order valence-corrected chi connectivity index (χ2v) is 2.69. The van der Waals surface area contributed by atoms with Gasteiger partial charge in [0.25, 0.3) is 0 Å². The third-order valence-electron chi connectivity index (χ3n) is 1.63. The lowest BCUT2D eigenvalue weighted by atomic mass is 10.3. The van der Waals surface area contributed by atoms with Crippen LogP contribution in [0.4, 0.5) is 0 Å². The van der Waals surface area contributed by atoms with Gasteiger partial charge in [-0.1, -0.05) is 0 Å². The van der Waals surface area contributed by atoms with Gasteiger partial charge in [-0.2, -0.15) is 0 Å². The summed E-state index contributed by atoms with van der Waals surface area (Å²) in [7, 11) is 0. The summed E-state index contributed by atoms with van der Waals surface area (Å²) in [5.74, 6) is 0. The molecule has 1 aromatic heterocycles. The summed E-state index contributed by atoms with van der Waals surface area (Å²) in [6, 6.07) is 1.78. The molecule has 1 aromatic rings. The molecule has 2 rings (SSSR count). The van der Waals surface area contributed by atoms with Crippen molar-refractivity contribution >= 4 is 6.41 Å². The number of carbonyl (C=O) groups excluding carboxylic acids is 1. The molecule has 0 bridgehead atoms. The first-order valence-electron chi connectivity index (χ1n) is 4.48. The highest BCUT2D eigenvalue weighted by Crippen LogP contribution is 2.01. The molecule has 0 aliphatic carbocycles. The fraction of sp³-hybridized carbons (Fsp3) is 0.444. The van der Waals surface area contributed by atoms with E-state index in [1.807, 2.05) is 0 Å². The van der Waals surface area contributed by atoms with Crippen molar-refractivity contribution in [3.05, 3.63) is 24.8 Å². The molecular weight excluding hydrogens is 182 g/mol. The monoisotopic (exact) mass is 195 g/mol. The Kier molecular flexibility index (Phi) is 5.27. The van der Waals surface area contributed by atoms with Crippen molar-refractivity contribution in [3.63, 3.8) is 0 Å². The van der Waals surface area contributed by atoms with Gasteiger partial charge in [0.1, 0.15) is 6.33 Å². The highest BCUT2D eigenvalue weighted by atomic mass is 16.7. The van der Waals surface area contributed by atoms with Gasteiger partial charge >= 0.3 is 0 Å². The van der Waals surface area contributed by atoms with E-state index in [0.717, 1.165) is 25.8 Å². The van der Waals surface area contributed by atoms with Crippen LogP contribution in [0.5, 0.6) is 0 Å². The van der Waals surface area contributed by atoms with Gasteiger partial charge in [0.2, 0.25) is 6.41 Å². The summed E-state index contributed by atoms with van der Waals surface area (Å²) < 4.78 is 0. The average Bonchev–Trinajstić information content (AvgIpc) is 2.33. The number of nitrogens with zero attached hydrogens (tertiary/aromatic N) is 3. The topological polar surface area (TPSA) is 55.3 Å². The van der Waals surface area contributed by atoms with E-state index in [-0.39, 0.29) is 0 Å². The maximum Gasteiger partial charge on any atom is 0.233 e. The van der Waals surface area contributed by atoms with E-state index in [0.29, 0.717) is 6.61 Å². The van der Waals surface area contributed by atoms with Crippen molar-refractivity contribution in [2.24, 2.45) is 0 Å². The van der Waals surface area contributed by atoms with E-state index in [1.54, 1.807) is 18.5 Å². The van der Waals surface area contributed by atoms with Gasteiger partial charge in [0.15, 0.2) is 0 Å². The van der Waals surface area contributed by atoms with Crippen LogP contribution in [0.2, 0.25) is 0 Å². The molecule has 2 heterocycles. The number of hydrogen-bond acceptors (Lipinski definition) is 4. The Morgan fingerprint density at radius 3 is 2.36 bits per heavy atom. The van der Waals surface area contributed by atoms with Crippen molar-refractivity contribution in [2.45, 2.75) is 12.8 Å². The minimum atomic E-state index is 0.693. The fourth-order valence-corrected chi connectivity index (χ4v) is 0.953. The first-order chi connectivity index (χ1) is 6.93. The van der Waals surface area contributed by atoms with Crippen LogP contribution in [0.15, 0.2) is 24.8 Å². The molecule has 0 atom stereocenters. The lowest BCUT2D eigenvalue weighted by Gasteiger charge is -2.20. The fourth-order valence-electron chi connectivity index (χ4n) is 0.953. The quantitative estimate of drug-likeness (QED) is 0.617.